The number of fused-ring (bicyclic) bond motifs is 3. The summed E-state index contributed by atoms with van der Waals surface area (Å²) in [6.07, 6.45) is 3.63. The maximum absolute atomic E-state index is 14.1. The summed E-state index contributed by atoms with van der Waals surface area (Å²) < 4.78 is 28.1. The van der Waals surface area contributed by atoms with Gasteiger partial charge in [0.15, 0.2) is 0 Å². The summed E-state index contributed by atoms with van der Waals surface area (Å²) in [4.78, 5) is 2.49. The molecule has 4 rings (SSSR count). The molecule has 2 heterocycles. The zero-order chi connectivity index (χ0) is 25.2. The topological polar surface area (TPSA) is 89.6 Å². The molecule has 186 valence electrons. The van der Waals surface area contributed by atoms with Crippen molar-refractivity contribution in [2.75, 3.05) is 11.5 Å². The molecule has 2 saturated heterocycles. The van der Waals surface area contributed by atoms with Crippen LogP contribution < -0.4 is 4.90 Å². The fraction of sp³-hybridized carbons (Fsp3) is 0.556. The van der Waals surface area contributed by atoms with Crippen molar-refractivity contribution >= 4 is 24.2 Å². The second-order valence-corrected chi connectivity index (χ2v) is 11.9. The van der Waals surface area contributed by atoms with Gasteiger partial charge in [0.25, 0.3) is 0 Å². The zero-order valence-electron chi connectivity index (χ0n) is 21.1. The first-order valence-electron chi connectivity index (χ1n) is 12.6. The third-order valence-corrected chi connectivity index (χ3v) is 9.64. The van der Waals surface area contributed by atoms with Gasteiger partial charge in [0.05, 0.1) is 36.8 Å². The van der Waals surface area contributed by atoms with E-state index in [1.807, 2.05) is 56.6 Å². The van der Waals surface area contributed by atoms with Crippen LogP contribution in [0.5, 0.6) is 0 Å². The van der Waals surface area contributed by atoms with E-state index < -0.39 is 7.75 Å². The van der Waals surface area contributed by atoms with Crippen molar-refractivity contribution in [3.8, 4) is 12.1 Å². The lowest BCUT2D eigenvalue weighted by atomic mass is 9.96. The first-order chi connectivity index (χ1) is 16.8. The molecule has 0 spiro atoms. The number of benzene rings is 2. The summed E-state index contributed by atoms with van der Waals surface area (Å²) in [6.45, 7) is 8.06. The van der Waals surface area contributed by atoms with Gasteiger partial charge in [-0.15, -0.1) is 0 Å². The van der Waals surface area contributed by atoms with Gasteiger partial charge in [-0.3, -0.25) is 9.05 Å². The maximum Gasteiger partial charge on any atom is 0.408 e. The molecule has 0 amide bonds. The maximum atomic E-state index is 14.1. The van der Waals surface area contributed by atoms with Crippen LogP contribution in [0.4, 0.5) is 5.69 Å². The minimum Gasteiger partial charge on any atom is -0.365 e. The fourth-order valence-corrected chi connectivity index (χ4v) is 8.23. The van der Waals surface area contributed by atoms with Gasteiger partial charge in [0, 0.05) is 40.6 Å². The van der Waals surface area contributed by atoms with Crippen LogP contribution in [0.1, 0.15) is 65.4 Å². The van der Waals surface area contributed by atoms with E-state index in [0.29, 0.717) is 5.56 Å². The van der Waals surface area contributed by atoms with Gasteiger partial charge in [-0.2, -0.15) is 10.5 Å². The predicted molar refractivity (Wildman–Crippen MR) is 138 cm³/mol. The van der Waals surface area contributed by atoms with Crippen molar-refractivity contribution in [3.63, 3.8) is 0 Å². The van der Waals surface area contributed by atoms with Crippen LogP contribution in [-0.2, 0) is 13.6 Å². The molecule has 0 aliphatic carbocycles. The quantitative estimate of drug-likeness (QED) is 0.295. The fourth-order valence-electron chi connectivity index (χ4n) is 5.92. The first kappa shape index (κ1) is 25.7. The Labute approximate surface area is 208 Å². The average Bonchev–Trinajstić information content (AvgIpc) is 3.07. The Morgan fingerprint density at radius 1 is 1.03 bits per heavy atom. The number of anilines is 1. The molecule has 7 nitrogen and oxygen atoms in total. The van der Waals surface area contributed by atoms with Crippen molar-refractivity contribution in [1.29, 1.82) is 10.5 Å². The van der Waals surface area contributed by atoms with Gasteiger partial charge in [-0.05, 0) is 65.5 Å². The van der Waals surface area contributed by atoms with Gasteiger partial charge >= 0.3 is 7.75 Å². The predicted octanol–water partition coefficient (Wildman–Crippen LogP) is 6.39. The van der Waals surface area contributed by atoms with E-state index in [4.69, 9.17) is 14.3 Å². The van der Waals surface area contributed by atoms with Crippen LogP contribution in [0.15, 0.2) is 36.4 Å². The highest BCUT2D eigenvalue weighted by atomic mass is 31.2. The number of piperidine rings is 1. The average molecular weight is 495 g/mol. The summed E-state index contributed by atoms with van der Waals surface area (Å²) in [5.41, 5.74) is 1.85. The van der Waals surface area contributed by atoms with Crippen molar-refractivity contribution < 1.29 is 13.6 Å². The minimum absolute atomic E-state index is 0.0234. The summed E-state index contributed by atoms with van der Waals surface area (Å²) in [5.74, 6) is 0. The number of hydrogen-bond donors (Lipinski definition) is 0. The molecule has 2 aromatic rings. The highest BCUT2D eigenvalue weighted by Crippen LogP contribution is 2.57. The highest BCUT2D eigenvalue weighted by Gasteiger charge is 2.46. The molecule has 2 aliphatic rings. The molecule has 0 N–H and O–H groups in total. The molecule has 2 fully saturated rings. The van der Waals surface area contributed by atoms with Gasteiger partial charge in [-0.25, -0.2) is 9.24 Å². The van der Waals surface area contributed by atoms with E-state index in [9.17, 15) is 9.83 Å². The van der Waals surface area contributed by atoms with Crippen LogP contribution in [0.3, 0.4) is 0 Å². The van der Waals surface area contributed by atoms with Gasteiger partial charge in [-0.1, -0.05) is 24.3 Å². The van der Waals surface area contributed by atoms with E-state index in [-0.39, 0.29) is 43.3 Å². The highest BCUT2D eigenvalue weighted by molar-refractivity contribution is 7.51. The molecular weight excluding hydrogens is 459 g/mol. The molecule has 0 radical (unpaired) electrons. The molecule has 3 unspecified atom stereocenters. The van der Waals surface area contributed by atoms with E-state index in [1.54, 1.807) is 0 Å². The zero-order valence-corrected chi connectivity index (χ0v) is 21.9. The third kappa shape index (κ3) is 5.11. The van der Waals surface area contributed by atoms with Gasteiger partial charge < -0.3 is 4.90 Å². The Kier molecular flexibility index (Phi) is 7.84. The molecule has 2 aromatic carbocycles. The van der Waals surface area contributed by atoms with Crippen molar-refractivity contribution in [1.82, 2.24) is 4.67 Å². The molecular formula is C27H35N4O3P. The molecule has 2 aliphatic heterocycles. The van der Waals surface area contributed by atoms with Gasteiger partial charge in [0.1, 0.15) is 0 Å². The Bertz CT molecular complexity index is 1160. The van der Waals surface area contributed by atoms with Crippen LogP contribution in [0, 0.1) is 22.7 Å². The second kappa shape index (κ2) is 10.7. The lowest BCUT2D eigenvalue weighted by molar-refractivity contribution is 0.0753. The van der Waals surface area contributed by atoms with E-state index in [0.717, 1.165) is 42.1 Å². The second-order valence-electron chi connectivity index (χ2n) is 10.1. The number of hydrogen-bond acceptors (Lipinski definition) is 6. The van der Waals surface area contributed by atoms with E-state index in [2.05, 4.69) is 29.2 Å². The van der Waals surface area contributed by atoms with E-state index >= 15 is 0 Å². The summed E-state index contributed by atoms with van der Waals surface area (Å²) >= 11 is 0. The van der Waals surface area contributed by atoms with E-state index in [1.165, 1.54) is 0 Å². The summed E-state index contributed by atoms with van der Waals surface area (Å²) in [6, 6.07) is 17.0. The molecule has 0 saturated carbocycles. The Morgan fingerprint density at radius 2 is 1.66 bits per heavy atom. The van der Waals surface area contributed by atoms with Crippen LogP contribution in [-0.4, -0.2) is 41.5 Å². The monoisotopic (exact) mass is 494 g/mol. The number of nitrogens with zero attached hydrogens (tertiary/aromatic N) is 4. The molecule has 2 bridgehead atoms. The molecule has 35 heavy (non-hydrogen) atoms. The molecule has 8 heteroatoms. The van der Waals surface area contributed by atoms with Gasteiger partial charge in [0.2, 0.25) is 0 Å². The van der Waals surface area contributed by atoms with Crippen molar-refractivity contribution in [3.05, 3.63) is 42.0 Å². The Balaban J connectivity index is 1.59. The lowest BCUT2D eigenvalue weighted by Crippen LogP contribution is -2.46. The molecule has 3 atom stereocenters. The first-order valence-corrected chi connectivity index (χ1v) is 14.1. The Hall–Kier alpha value is -2.41. The SMILES string of the molecule is CC(C)N(C(C)C)P(=O)(OCCC#N)OC1CC2CCC(C1)N2c1ccc(C#N)c2ccccc12. The van der Waals surface area contributed by atoms with Crippen LogP contribution >= 0.6 is 7.75 Å². The van der Waals surface area contributed by atoms with Crippen molar-refractivity contribution in [2.45, 2.75) is 90.1 Å². The largest absolute Gasteiger partial charge is 0.408 e. The minimum atomic E-state index is -3.58. The van der Waals surface area contributed by atoms with Crippen molar-refractivity contribution in [2.24, 2.45) is 0 Å². The number of rotatable bonds is 9. The normalized spacial score (nSPS) is 23.6. The molecule has 0 aromatic heterocycles. The Morgan fingerprint density at radius 3 is 2.23 bits per heavy atom. The standard InChI is InChI=1S/C27H35N4O3P/c1-19(2)31(20(3)4)35(32,33-15-7-14-28)34-24-16-22-11-12-23(17-24)30(22)27-13-10-21(18-29)25-8-5-6-9-26(25)27/h5-6,8-10,13,19-20,22-24H,7,11-12,15-17H2,1-4H3. The lowest BCUT2D eigenvalue weighted by Gasteiger charge is -2.43. The number of nitriles is 2. The third-order valence-electron chi connectivity index (χ3n) is 7.08. The van der Waals surface area contributed by atoms with Crippen LogP contribution in [0.2, 0.25) is 0 Å². The van der Waals surface area contributed by atoms with Crippen LogP contribution in [0.25, 0.3) is 10.8 Å². The summed E-state index contributed by atoms with van der Waals surface area (Å²) in [7, 11) is -3.58. The smallest absolute Gasteiger partial charge is 0.365 e. The summed E-state index contributed by atoms with van der Waals surface area (Å²) in [5, 5.41) is 20.6.